The average Bonchev–Trinajstić information content (AvgIpc) is 3.17. The van der Waals surface area contributed by atoms with Gasteiger partial charge >= 0.3 is 0 Å². The zero-order valence-electron chi connectivity index (χ0n) is 14.3. The normalized spacial score (nSPS) is 13.2. The van der Waals surface area contributed by atoms with E-state index in [2.05, 4.69) is 22.1 Å². The van der Waals surface area contributed by atoms with Crippen molar-refractivity contribution < 1.29 is 13.4 Å². The van der Waals surface area contributed by atoms with Crippen LogP contribution in [-0.2, 0) is 22.0 Å². The second-order valence-corrected chi connectivity index (χ2v) is 7.54. The Morgan fingerprint density at radius 1 is 1.04 bits per heavy atom. The Hall–Kier alpha value is -2.60. The summed E-state index contributed by atoms with van der Waals surface area (Å²) >= 11 is 0. The lowest BCUT2D eigenvalue weighted by Gasteiger charge is -2.07. The SMILES string of the molecule is O=CC(c1ncc(-c2ccccn2)o1)S(=O)CCCCc1ccccc1. The molecule has 134 valence electrons. The highest BCUT2D eigenvalue weighted by molar-refractivity contribution is 7.85. The van der Waals surface area contributed by atoms with Gasteiger partial charge in [0.05, 0.1) is 6.20 Å². The van der Waals surface area contributed by atoms with Crippen LogP contribution < -0.4 is 0 Å². The molecule has 6 heteroatoms. The zero-order valence-corrected chi connectivity index (χ0v) is 15.1. The number of nitrogens with zero attached hydrogens (tertiary/aromatic N) is 2. The zero-order chi connectivity index (χ0) is 18.2. The third kappa shape index (κ3) is 4.73. The number of rotatable bonds is 9. The van der Waals surface area contributed by atoms with Crippen LogP contribution in [0.1, 0.15) is 29.5 Å². The summed E-state index contributed by atoms with van der Waals surface area (Å²) in [7, 11) is -1.35. The lowest BCUT2D eigenvalue weighted by Crippen LogP contribution is -2.12. The number of pyridine rings is 1. The quantitative estimate of drug-likeness (QED) is 0.425. The maximum Gasteiger partial charge on any atom is 0.218 e. The smallest absolute Gasteiger partial charge is 0.218 e. The van der Waals surface area contributed by atoms with E-state index in [1.165, 1.54) is 11.8 Å². The molecule has 26 heavy (non-hydrogen) atoms. The lowest BCUT2D eigenvalue weighted by atomic mass is 10.1. The van der Waals surface area contributed by atoms with Gasteiger partial charge in [0.2, 0.25) is 5.89 Å². The van der Waals surface area contributed by atoms with E-state index >= 15 is 0 Å². The fourth-order valence-electron chi connectivity index (χ4n) is 2.62. The van der Waals surface area contributed by atoms with E-state index in [1.807, 2.05) is 24.3 Å². The van der Waals surface area contributed by atoms with Gasteiger partial charge in [-0.25, -0.2) is 4.98 Å². The van der Waals surface area contributed by atoms with Crippen LogP contribution in [0.3, 0.4) is 0 Å². The van der Waals surface area contributed by atoms with Gasteiger partial charge in [0, 0.05) is 22.7 Å². The molecule has 0 N–H and O–H groups in total. The van der Waals surface area contributed by atoms with Crippen LogP contribution in [0.5, 0.6) is 0 Å². The van der Waals surface area contributed by atoms with Crippen LogP contribution >= 0.6 is 0 Å². The first-order valence-corrected chi connectivity index (χ1v) is 9.89. The Bertz CT molecular complexity index is 850. The first kappa shape index (κ1) is 18.2. The molecule has 0 aliphatic carbocycles. The summed E-state index contributed by atoms with van der Waals surface area (Å²) in [5.41, 5.74) is 1.89. The molecule has 2 aromatic heterocycles. The molecule has 2 atom stereocenters. The predicted molar refractivity (Wildman–Crippen MR) is 101 cm³/mol. The summed E-state index contributed by atoms with van der Waals surface area (Å²) in [5.74, 6) is 1.09. The molecule has 1 aromatic carbocycles. The van der Waals surface area contributed by atoms with Crippen molar-refractivity contribution in [2.24, 2.45) is 0 Å². The number of carbonyl (C=O) groups is 1. The van der Waals surface area contributed by atoms with Crippen LogP contribution in [0, 0.1) is 0 Å². The summed E-state index contributed by atoms with van der Waals surface area (Å²) < 4.78 is 18.1. The number of carbonyl (C=O) groups excluding carboxylic acids is 1. The number of benzene rings is 1. The summed E-state index contributed by atoms with van der Waals surface area (Å²) in [5, 5.41) is -0.843. The minimum absolute atomic E-state index is 0.182. The van der Waals surface area contributed by atoms with Gasteiger partial charge in [0.15, 0.2) is 11.0 Å². The molecule has 0 saturated heterocycles. The van der Waals surface area contributed by atoms with E-state index in [1.54, 1.807) is 18.3 Å². The second-order valence-electron chi connectivity index (χ2n) is 5.86. The number of oxazole rings is 1. The third-order valence-corrected chi connectivity index (χ3v) is 5.57. The fraction of sp³-hybridized carbons (Fsp3) is 0.250. The van der Waals surface area contributed by atoms with E-state index in [4.69, 9.17) is 4.42 Å². The van der Waals surface area contributed by atoms with E-state index in [9.17, 15) is 9.00 Å². The Kier molecular flexibility index (Phi) is 6.44. The van der Waals surface area contributed by atoms with Gasteiger partial charge in [0.1, 0.15) is 12.0 Å². The van der Waals surface area contributed by atoms with Crippen molar-refractivity contribution in [2.45, 2.75) is 24.5 Å². The molecule has 0 aliphatic heterocycles. The van der Waals surface area contributed by atoms with Gasteiger partial charge in [-0.1, -0.05) is 36.4 Å². The number of aldehydes is 1. The van der Waals surface area contributed by atoms with Crippen LogP contribution in [0.25, 0.3) is 11.5 Å². The molecule has 0 fully saturated rings. The van der Waals surface area contributed by atoms with E-state index in [0.717, 1.165) is 19.3 Å². The number of hydrogen-bond acceptors (Lipinski definition) is 5. The standard InChI is InChI=1S/C20H20N2O3S/c23-15-19(20-22-14-18(25-20)17-11-4-6-12-21-17)26(24)13-7-5-10-16-8-2-1-3-9-16/h1-4,6,8-9,11-12,14-15,19H,5,7,10,13H2. The Morgan fingerprint density at radius 3 is 2.58 bits per heavy atom. The van der Waals surface area contributed by atoms with Crippen molar-refractivity contribution in [2.75, 3.05) is 5.75 Å². The summed E-state index contributed by atoms with van der Waals surface area (Å²) in [4.78, 5) is 19.8. The molecular weight excluding hydrogens is 348 g/mol. The Balaban J connectivity index is 1.55. The maximum atomic E-state index is 12.5. The molecular formula is C20H20N2O3S. The van der Waals surface area contributed by atoms with Gasteiger partial charge < -0.3 is 9.21 Å². The Morgan fingerprint density at radius 2 is 1.85 bits per heavy atom. The second kappa shape index (κ2) is 9.20. The van der Waals surface area contributed by atoms with Crippen LogP contribution in [0.15, 0.2) is 65.3 Å². The minimum Gasteiger partial charge on any atom is -0.437 e. The highest BCUT2D eigenvalue weighted by Gasteiger charge is 2.23. The van der Waals surface area contributed by atoms with Crippen molar-refractivity contribution in [3.05, 3.63) is 72.4 Å². The molecule has 2 unspecified atom stereocenters. The molecule has 3 rings (SSSR count). The molecule has 0 radical (unpaired) electrons. The van der Waals surface area contributed by atoms with Crippen LogP contribution in [0.2, 0.25) is 0 Å². The number of unbranched alkanes of at least 4 members (excludes halogenated alkanes) is 1. The summed E-state index contributed by atoms with van der Waals surface area (Å²) in [6, 6.07) is 15.6. The predicted octanol–water partition coefficient (Wildman–Crippen LogP) is 3.75. The first-order chi connectivity index (χ1) is 12.8. The van der Waals surface area contributed by atoms with Crippen molar-refractivity contribution in [1.29, 1.82) is 0 Å². The van der Waals surface area contributed by atoms with Gasteiger partial charge in [-0.3, -0.25) is 9.19 Å². The topological polar surface area (TPSA) is 73.1 Å². The number of aryl methyl sites for hydroxylation is 1. The fourth-order valence-corrected chi connectivity index (χ4v) is 3.82. The molecule has 5 nitrogen and oxygen atoms in total. The molecule has 0 bridgehead atoms. The monoisotopic (exact) mass is 368 g/mol. The molecule has 0 saturated carbocycles. The van der Waals surface area contributed by atoms with Gasteiger partial charge in [0.25, 0.3) is 0 Å². The molecule has 0 spiro atoms. The highest BCUT2D eigenvalue weighted by atomic mass is 32.2. The minimum atomic E-state index is -1.35. The highest BCUT2D eigenvalue weighted by Crippen LogP contribution is 2.24. The first-order valence-electron chi connectivity index (χ1n) is 8.51. The van der Waals surface area contributed by atoms with Gasteiger partial charge in [-0.2, -0.15) is 0 Å². The van der Waals surface area contributed by atoms with Crippen molar-refractivity contribution in [3.8, 4) is 11.5 Å². The maximum absolute atomic E-state index is 12.5. The van der Waals surface area contributed by atoms with E-state index in [0.29, 0.717) is 23.5 Å². The van der Waals surface area contributed by atoms with Gasteiger partial charge in [-0.05, 0) is 37.0 Å². The third-order valence-electron chi connectivity index (χ3n) is 3.99. The number of hydrogen-bond donors (Lipinski definition) is 0. The van der Waals surface area contributed by atoms with Gasteiger partial charge in [-0.15, -0.1) is 0 Å². The summed E-state index contributed by atoms with van der Waals surface area (Å²) in [6.45, 7) is 0. The van der Waals surface area contributed by atoms with E-state index in [-0.39, 0.29) is 5.89 Å². The van der Waals surface area contributed by atoms with Crippen molar-refractivity contribution in [1.82, 2.24) is 9.97 Å². The summed E-state index contributed by atoms with van der Waals surface area (Å²) in [6.07, 6.45) is 6.46. The average molecular weight is 368 g/mol. The van der Waals surface area contributed by atoms with Crippen molar-refractivity contribution >= 4 is 17.1 Å². The van der Waals surface area contributed by atoms with Crippen molar-refractivity contribution in [3.63, 3.8) is 0 Å². The number of aromatic nitrogens is 2. The largest absolute Gasteiger partial charge is 0.437 e. The molecule has 2 heterocycles. The molecule has 0 aliphatic rings. The molecule has 3 aromatic rings. The van der Waals surface area contributed by atoms with Crippen LogP contribution in [0.4, 0.5) is 0 Å². The lowest BCUT2D eigenvalue weighted by molar-refractivity contribution is -0.107. The van der Waals surface area contributed by atoms with Crippen LogP contribution in [-0.4, -0.2) is 26.2 Å². The van der Waals surface area contributed by atoms with E-state index < -0.39 is 16.0 Å². The Labute approximate surface area is 155 Å². The molecule has 0 amide bonds.